The molecule has 1 N–H and O–H groups in total. The molecule has 0 aliphatic carbocycles. The Morgan fingerprint density at radius 2 is 1.61 bits per heavy atom. The highest BCUT2D eigenvalue weighted by Crippen LogP contribution is 2.26. The fourth-order valence-corrected chi connectivity index (χ4v) is 5.39. The van der Waals surface area contributed by atoms with Crippen LogP contribution in [-0.4, -0.2) is 58.7 Å². The van der Waals surface area contributed by atoms with Crippen LogP contribution in [0.4, 0.5) is 5.69 Å². The van der Waals surface area contributed by atoms with Gasteiger partial charge in [0.1, 0.15) is 0 Å². The molecule has 0 unspecified atom stereocenters. The molecule has 0 radical (unpaired) electrons. The highest BCUT2D eigenvalue weighted by atomic mass is 32.2. The fourth-order valence-electron chi connectivity index (χ4n) is 4.60. The molecule has 0 spiro atoms. The van der Waals surface area contributed by atoms with E-state index in [9.17, 15) is 13.2 Å². The summed E-state index contributed by atoms with van der Waals surface area (Å²) in [7, 11) is -0.974. The maximum Gasteiger partial charge on any atom is 0.252 e. The number of anilines is 1. The Bertz CT molecular complexity index is 1350. The Balaban J connectivity index is 1.50. The van der Waals surface area contributed by atoms with E-state index in [4.69, 9.17) is 0 Å². The molecule has 6 nitrogen and oxygen atoms in total. The largest absolute Gasteiger partial charge is 0.369 e. The Morgan fingerprint density at radius 1 is 0.944 bits per heavy atom. The number of rotatable bonds is 7. The molecule has 36 heavy (non-hydrogen) atoms. The minimum atomic E-state index is -3.11. The van der Waals surface area contributed by atoms with E-state index in [0.717, 1.165) is 59.7 Å². The van der Waals surface area contributed by atoms with Crippen LogP contribution in [0.1, 0.15) is 40.0 Å². The summed E-state index contributed by atoms with van der Waals surface area (Å²) in [6.07, 6.45) is 1.24. The second kappa shape index (κ2) is 10.8. The maximum atomic E-state index is 13.3. The lowest BCUT2D eigenvalue weighted by Gasteiger charge is -2.34. The Hall–Kier alpha value is -3.16. The van der Waals surface area contributed by atoms with Gasteiger partial charge < -0.3 is 15.1 Å². The number of benzene rings is 3. The lowest BCUT2D eigenvalue weighted by Crippen LogP contribution is -2.44. The molecule has 3 aromatic rings. The van der Waals surface area contributed by atoms with Crippen LogP contribution in [0.2, 0.25) is 0 Å². The van der Waals surface area contributed by atoms with Gasteiger partial charge in [-0.25, -0.2) is 8.42 Å². The quantitative estimate of drug-likeness (QED) is 0.514. The molecule has 1 aliphatic rings. The number of nitrogens with one attached hydrogen (secondary N) is 1. The van der Waals surface area contributed by atoms with E-state index in [0.29, 0.717) is 5.56 Å². The molecule has 0 bridgehead atoms. The van der Waals surface area contributed by atoms with Crippen LogP contribution in [0, 0.1) is 6.92 Å². The van der Waals surface area contributed by atoms with Gasteiger partial charge in [-0.15, -0.1) is 0 Å². The monoisotopic (exact) mass is 505 g/mol. The van der Waals surface area contributed by atoms with Gasteiger partial charge in [0.2, 0.25) is 0 Å². The Kier molecular flexibility index (Phi) is 7.81. The minimum Gasteiger partial charge on any atom is -0.369 e. The van der Waals surface area contributed by atoms with Gasteiger partial charge >= 0.3 is 0 Å². The van der Waals surface area contributed by atoms with E-state index < -0.39 is 9.84 Å². The van der Waals surface area contributed by atoms with E-state index in [2.05, 4.69) is 34.3 Å². The highest BCUT2D eigenvalue weighted by molar-refractivity contribution is 7.89. The van der Waals surface area contributed by atoms with Crippen molar-refractivity contribution < 1.29 is 13.2 Å². The van der Waals surface area contributed by atoms with Gasteiger partial charge in [-0.05, 0) is 66.9 Å². The van der Waals surface area contributed by atoms with Crippen molar-refractivity contribution in [2.24, 2.45) is 0 Å². The summed E-state index contributed by atoms with van der Waals surface area (Å²) in [6, 6.07) is 21.6. The summed E-state index contributed by atoms with van der Waals surface area (Å²) in [6.45, 7) is 7.89. The van der Waals surface area contributed by atoms with Gasteiger partial charge in [-0.3, -0.25) is 4.79 Å². The molecule has 0 saturated carbocycles. The smallest absolute Gasteiger partial charge is 0.252 e. The fraction of sp³-hybridized carbons (Fsp3) is 0.345. The van der Waals surface area contributed by atoms with Crippen molar-refractivity contribution in [3.8, 4) is 11.1 Å². The highest BCUT2D eigenvalue weighted by Gasteiger charge is 2.19. The molecular weight excluding hydrogens is 470 g/mol. The zero-order valence-electron chi connectivity index (χ0n) is 21.5. The molecule has 1 saturated heterocycles. The molecule has 4 rings (SSSR count). The van der Waals surface area contributed by atoms with Gasteiger partial charge in [-0.1, -0.05) is 48.5 Å². The maximum absolute atomic E-state index is 13.3. The first-order chi connectivity index (χ1) is 17.1. The van der Waals surface area contributed by atoms with Gasteiger partial charge in [0.25, 0.3) is 5.91 Å². The molecule has 1 heterocycles. The van der Waals surface area contributed by atoms with Crippen molar-refractivity contribution in [3.05, 3.63) is 89.0 Å². The Labute approximate surface area is 214 Å². The summed E-state index contributed by atoms with van der Waals surface area (Å²) in [5.41, 5.74) is 6.42. The average molecular weight is 506 g/mol. The predicted octanol–water partition coefficient (Wildman–Crippen LogP) is 4.45. The van der Waals surface area contributed by atoms with Crippen LogP contribution >= 0.6 is 0 Å². The summed E-state index contributed by atoms with van der Waals surface area (Å²) in [4.78, 5) is 17.9. The molecule has 1 atom stereocenters. The topological polar surface area (TPSA) is 69.7 Å². The van der Waals surface area contributed by atoms with Crippen molar-refractivity contribution >= 4 is 21.4 Å². The van der Waals surface area contributed by atoms with Crippen molar-refractivity contribution in [1.29, 1.82) is 0 Å². The summed E-state index contributed by atoms with van der Waals surface area (Å²) >= 11 is 0. The molecule has 1 amide bonds. The number of carbonyl (C=O) groups is 1. The molecular formula is C29H35N3O3S. The normalized spacial score (nSPS) is 15.5. The molecule has 1 fully saturated rings. The molecule has 0 aromatic heterocycles. The van der Waals surface area contributed by atoms with E-state index in [1.165, 1.54) is 6.26 Å². The molecule has 1 aliphatic heterocycles. The van der Waals surface area contributed by atoms with Gasteiger partial charge in [0, 0.05) is 43.7 Å². The van der Waals surface area contributed by atoms with Crippen molar-refractivity contribution in [2.45, 2.75) is 25.6 Å². The Morgan fingerprint density at radius 3 is 2.31 bits per heavy atom. The number of aryl methyl sites for hydroxylation is 1. The number of nitrogens with zero attached hydrogens (tertiary/aromatic N) is 2. The van der Waals surface area contributed by atoms with Crippen LogP contribution in [0.25, 0.3) is 11.1 Å². The van der Waals surface area contributed by atoms with E-state index in [-0.39, 0.29) is 17.7 Å². The first-order valence-electron chi connectivity index (χ1n) is 12.3. The predicted molar refractivity (Wildman–Crippen MR) is 147 cm³/mol. The zero-order chi connectivity index (χ0) is 25.9. The van der Waals surface area contributed by atoms with Crippen LogP contribution in [0.3, 0.4) is 0 Å². The third-order valence-corrected chi connectivity index (χ3v) is 7.62. The van der Waals surface area contributed by atoms with E-state index >= 15 is 0 Å². The molecule has 7 heteroatoms. The van der Waals surface area contributed by atoms with Crippen LogP contribution in [0.5, 0.6) is 0 Å². The summed E-state index contributed by atoms with van der Waals surface area (Å²) in [5.74, 6) is -0.0731. The van der Waals surface area contributed by atoms with Crippen LogP contribution in [-0.2, 0) is 15.6 Å². The number of carbonyl (C=O) groups excluding carboxylic acids is 1. The number of piperazine rings is 1. The van der Waals surface area contributed by atoms with Gasteiger partial charge in [0.15, 0.2) is 9.84 Å². The number of hydrogen-bond donors (Lipinski definition) is 1. The second-order valence-electron chi connectivity index (χ2n) is 9.88. The number of sulfone groups is 1. The third kappa shape index (κ3) is 6.53. The number of amides is 1. The molecule has 190 valence electrons. The van der Waals surface area contributed by atoms with E-state index in [1.54, 1.807) is 0 Å². The van der Waals surface area contributed by atoms with Crippen molar-refractivity contribution in [3.63, 3.8) is 0 Å². The molecule has 3 aromatic carbocycles. The standard InChI is InChI=1S/C29H35N3O3S/c1-21-11-12-27(32-15-13-31(3)14-16-32)19-28(21)29(33)30-22(2)24-8-6-10-26(18-24)25-9-5-7-23(17-25)20-36(4,34)35/h5-12,17-19,22H,13-16,20H2,1-4H3,(H,30,33)/t22-/m1/s1. The lowest BCUT2D eigenvalue weighted by molar-refractivity contribution is 0.0939. The minimum absolute atomic E-state index is 0.0134. The van der Waals surface area contributed by atoms with Crippen LogP contribution < -0.4 is 10.2 Å². The van der Waals surface area contributed by atoms with Gasteiger partial charge in [-0.2, -0.15) is 0 Å². The number of likely N-dealkylation sites (N-methyl/N-ethyl adjacent to an activating group) is 1. The van der Waals surface area contributed by atoms with Gasteiger partial charge in [0.05, 0.1) is 11.8 Å². The second-order valence-corrected chi connectivity index (χ2v) is 12.0. The van der Waals surface area contributed by atoms with Crippen molar-refractivity contribution in [1.82, 2.24) is 10.2 Å². The first kappa shape index (κ1) is 25.9. The average Bonchev–Trinajstić information content (AvgIpc) is 2.84. The summed E-state index contributed by atoms with van der Waals surface area (Å²) in [5, 5.41) is 3.17. The summed E-state index contributed by atoms with van der Waals surface area (Å²) < 4.78 is 23.4. The lowest BCUT2D eigenvalue weighted by atomic mass is 9.98. The third-order valence-electron chi connectivity index (χ3n) is 6.76. The zero-order valence-corrected chi connectivity index (χ0v) is 22.3. The first-order valence-corrected chi connectivity index (χ1v) is 14.4. The van der Waals surface area contributed by atoms with E-state index in [1.807, 2.05) is 68.4 Å². The SMILES string of the molecule is Cc1ccc(N2CCN(C)CC2)cc1C(=O)N[C@H](C)c1cccc(-c2cccc(CS(C)(=O)=O)c2)c1. The van der Waals surface area contributed by atoms with Crippen molar-refractivity contribution in [2.75, 3.05) is 44.4 Å². The van der Waals surface area contributed by atoms with Crippen LogP contribution in [0.15, 0.2) is 66.7 Å². The number of hydrogen-bond acceptors (Lipinski definition) is 5.